The molecule has 0 aromatic carbocycles. The average molecular weight is 538 g/mol. The van der Waals surface area contributed by atoms with Gasteiger partial charge in [0.05, 0.1) is 12.4 Å². The Labute approximate surface area is 223 Å². The minimum absolute atomic E-state index is 0.00928. The maximum absolute atomic E-state index is 13.4. The molecule has 1 aromatic rings. The fourth-order valence-corrected chi connectivity index (χ4v) is 3.62. The van der Waals surface area contributed by atoms with E-state index in [4.69, 9.17) is 17.2 Å². The van der Waals surface area contributed by atoms with Crippen LogP contribution in [0, 0.1) is 11.8 Å². The van der Waals surface area contributed by atoms with Gasteiger partial charge in [-0.15, -0.1) is 0 Å². The molecule has 38 heavy (non-hydrogen) atoms. The second kappa shape index (κ2) is 16.2. The average Bonchev–Trinajstić information content (AvgIpc) is 3.36. The molecule has 14 heteroatoms. The molecule has 5 atom stereocenters. The van der Waals surface area contributed by atoms with Crippen molar-refractivity contribution in [2.45, 2.75) is 84.0 Å². The maximum Gasteiger partial charge on any atom is 0.326 e. The second-order valence-corrected chi connectivity index (χ2v) is 9.79. The predicted molar refractivity (Wildman–Crippen MR) is 143 cm³/mol. The highest BCUT2D eigenvalue weighted by Gasteiger charge is 2.31. The van der Waals surface area contributed by atoms with Crippen molar-refractivity contribution >= 4 is 29.7 Å². The molecule has 14 nitrogen and oxygen atoms in total. The molecule has 0 aliphatic carbocycles. The number of carboxylic acids is 1. The topological polar surface area (TPSA) is 244 Å². The number of hydrogen-bond donors (Lipinski definition) is 8. The molecule has 0 aliphatic rings. The van der Waals surface area contributed by atoms with Gasteiger partial charge in [0.2, 0.25) is 17.7 Å². The molecule has 0 bridgehead atoms. The zero-order valence-electron chi connectivity index (χ0n) is 22.6. The summed E-state index contributed by atoms with van der Waals surface area (Å²) in [6.07, 6.45) is 4.36. The van der Waals surface area contributed by atoms with Gasteiger partial charge in [0.1, 0.15) is 18.1 Å². The lowest BCUT2D eigenvalue weighted by atomic mass is 9.98. The van der Waals surface area contributed by atoms with Gasteiger partial charge in [-0.2, -0.15) is 0 Å². The molecular formula is C24H43N9O5. The molecule has 0 aliphatic heterocycles. The number of carbonyl (C=O) groups excluding carboxylic acids is 3. The van der Waals surface area contributed by atoms with Crippen molar-refractivity contribution in [3.05, 3.63) is 18.2 Å². The normalized spacial score (nSPS) is 15.0. The molecule has 0 saturated heterocycles. The van der Waals surface area contributed by atoms with Crippen LogP contribution in [0.15, 0.2) is 17.5 Å². The lowest BCUT2D eigenvalue weighted by Gasteiger charge is -2.26. The maximum atomic E-state index is 13.4. The highest BCUT2D eigenvalue weighted by molar-refractivity contribution is 5.94. The standard InChI is InChI=1S/C24H43N9O5/c1-5-14(4)19(25)22(36)32-17(10-15-11-28-12-30-15)21(35)31-16(7-6-8-29-24(26)27)20(34)33-18(23(37)38)9-13(2)3/h11-14,16-19H,5-10,25H2,1-4H3,(H,28,30)(H,31,35)(H,32,36)(H,33,34)(H,37,38)(H4,26,27,29). The molecule has 0 saturated carbocycles. The van der Waals surface area contributed by atoms with E-state index in [9.17, 15) is 24.3 Å². The van der Waals surface area contributed by atoms with Crippen LogP contribution in [-0.4, -0.2) is 75.4 Å². The van der Waals surface area contributed by atoms with Gasteiger partial charge in [-0.1, -0.05) is 34.1 Å². The Balaban J connectivity index is 3.12. The molecule has 0 spiro atoms. The number of carboxylic acid groups (broad SMARTS) is 1. The first-order valence-corrected chi connectivity index (χ1v) is 12.8. The zero-order valence-corrected chi connectivity index (χ0v) is 22.6. The van der Waals surface area contributed by atoms with Crippen LogP contribution in [-0.2, 0) is 25.6 Å². The van der Waals surface area contributed by atoms with Crippen molar-refractivity contribution in [1.29, 1.82) is 0 Å². The summed E-state index contributed by atoms with van der Waals surface area (Å²) in [7, 11) is 0. The minimum atomic E-state index is -1.18. The van der Waals surface area contributed by atoms with E-state index in [0.29, 0.717) is 18.5 Å². The highest BCUT2D eigenvalue weighted by Crippen LogP contribution is 2.09. The molecule has 1 rings (SSSR count). The number of carbonyl (C=O) groups is 4. The van der Waals surface area contributed by atoms with Gasteiger partial charge < -0.3 is 43.2 Å². The number of nitrogens with one attached hydrogen (secondary N) is 4. The van der Waals surface area contributed by atoms with Crippen molar-refractivity contribution in [3.63, 3.8) is 0 Å². The first-order valence-electron chi connectivity index (χ1n) is 12.8. The van der Waals surface area contributed by atoms with Gasteiger partial charge in [0.15, 0.2) is 5.96 Å². The van der Waals surface area contributed by atoms with Gasteiger partial charge >= 0.3 is 5.97 Å². The van der Waals surface area contributed by atoms with Crippen LogP contribution in [0.5, 0.6) is 0 Å². The number of amides is 3. The molecule has 214 valence electrons. The largest absolute Gasteiger partial charge is 0.480 e. The predicted octanol–water partition coefficient (Wildman–Crippen LogP) is -1.04. The summed E-state index contributed by atoms with van der Waals surface area (Å²) in [5.74, 6) is -3.21. The Kier molecular flexibility index (Phi) is 13.8. The van der Waals surface area contributed by atoms with E-state index in [1.165, 1.54) is 12.5 Å². The number of rotatable bonds is 17. The van der Waals surface area contributed by atoms with Crippen LogP contribution in [0.2, 0.25) is 0 Å². The number of imidazole rings is 1. The first kappa shape index (κ1) is 32.3. The third-order valence-corrected chi connectivity index (χ3v) is 6.07. The van der Waals surface area contributed by atoms with Crippen molar-refractivity contribution in [2.24, 2.45) is 34.0 Å². The number of aromatic nitrogens is 2. The number of guanidine groups is 1. The Morgan fingerprint density at radius 2 is 1.63 bits per heavy atom. The molecule has 3 amide bonds. The summed E-state index contributed by atoms with van der Waals surface area (Å²) in [6.45, 7) is 7.62. The van der Waals surface area contributed by atoms with Crippen LogP contribution in [0.25, 0.3) is 0 Å². The monoisotopic (exact) mass is 537 g/mol. The van der Waals surface area contributed by atoms with Gasteiger partial charge in [-0.25, -0.2) is 9.78 Å². The van der Waals surface area contributed by atoms with Crippen LogP contribution in [0.1, 0.15) is 59.1 Å². The molecule has 1 aromatic heterocycles. The molecule has 1 heterocycles. The number of H-pyrrole nitrogens is 1. The van der Waals surface area contributed by atoms with E-state index in [0.717, 1.165) is 0 Å². The lowest BCUT2D eigenvalue weighted by molar-refractivity contribution is -0.142. The quantitative estimate of drug-likeness (QED) is 0.0686. The molecular weight excluding hydrogens is 494 g/mol. The lowest BCUT2D eigenvalue weighted by Crippen LogP contribution is -2.58. The smallest absolute Gasteiger partial charge is 0.326 e. The Hall–Kier alpha value is -3.68. The first-order chi connectivity index (χ1) is 17.8. The van der Waals surface area contributed by atoms with Crippen molar-refractivity contribution in [2.75, 3.05) is 6.54 Å². The van der Waals surface area contributed by atoms with Crippen LogP contribution in [0.3, 0.4) is 0 Å². The number of nitrogens with two attached hydrogens (primary N) is 3. The molecule has 5 unspecified atom stereocenters. The van der Waals surface area contributed by atoms with Crippen LogP contribution >= 0.6 is 0 Å². The van der Waals surface area contributed by atoms with Crippen molar-refractivity contribution in [3.8, 4) is 0 Å². The van der Waals surface area contributed by atoms with Crippen molar-refractivity contribution in [1.82, 2.24) is 25.9 Å². The fraction of sp³-hybridized carbons (Fsp3) is 0.667. The second-order valence-electron chi connectivity index (χ2n) is 9.79. The highest BCUT2D eigenvalue weighted by atomic mass is 16.4. The van der Waals surface area contributed by atoms with Crippen LogP contribution in [0.4, 0.5) is 0 Å². The number of hydrogen-bond acceptors (Lipinski definition) is 7. The summed E-state index contributed by atoms with van der Waals surface area (Å²) in [6, 6.07) is -4.14. The zero-order chi connectivity index (χ0) is 28.8. The molecule has 0 radical (unpaired) electrons. The van der Waals surface area contributed by atoms with E-state index in [2.05, 4.69) is 30.9 Å². The number of aliphatic carboxylic acids is 1. The molecule has 11 N–H and O–H groups in total. The summed E-state index contributed by atoms with van der Waals surface area (Å²) in [4.78, 5) is 61.6. The van der Waals surface area contributed by atoms with E-state index in [1.54, 1.807) is 0 Å². The SMILES string of the molecule is CCC(C)C(N)C(=O)NC(Cc1cnc[nH]1)C(=O)NC(CCCN=C(N)N)C(=O)NC(CC(C)C)C(=O)O. The summed E-state index contributed by atoms with van der Waals surface area (Å²) >= 11 is 0. The number of aromatic amines is 1. The summed E-state index contributed by atoms with van der Waals surface area (Å²) in [5, 5.41) is 17.4. The van der Waals surface area contributed by atoms with Gasteiger partial charge in [0.25, 0.3) is 0 Å². The Bertz CT molecular complexity index is 932. The fourth-order valence-electron chi connectivity index (χ4n) is 3.62. The van der Waals surface area contributed by atoms with Crippen LogP contribution < -0.4 is 33.2 Å². The van der Waals surface area contributed by atoms with E-state index in [-0.39, 0.29) is 43.6 Å². The summed E-state index contributed by atoms with van der Waals surface area (Å²) in [5.41, 5.74) is 17.3. The van der Waals surface area contributed by atoms with E-state index < -0.39 is 47.9 Å². The van der Waals surface area contributed by atoms with E-state index in [1.807, 2.05) is 27.7 Å². The Morgan fingerprint density at radius 3 is 2.16 bits per heavy atom. The third-order valence-electron chi connectivity index (χ3n) is 6.07. The van der Waals surface area contributed by atoms with Crippen molar-refractivity contribution < 1.29 is 24.3 Å². The molecule has 0 fully saturated rings. The summed E-state index contributed by atoms with van der Waals surface area (Å²) < 4.78 is 0. The Morgan fingerprint density at radius 1 is 1.03 bits per heavy atom. The number of nitrogens with zero attached hydrogens (tertiary/aromatic N) is 2. The number of aliphatic imine (C=N–C) groups is 1. The van der Waals surface area contributed by atoms with Gasteiger partial charge in [-0.05, 0) is 31.1 Å². The third kappa shape index (κ3) is 11.6. The van der Waals surface area contributed by atoms with Gasteiger partial charge in [0, 0.05) is 24.9 Å². The van der Waals surface area contributed by atoms with E-state index >= 15 is 0 Å². The van der Waals surface area contributed by atoms with Gasteiger partial charge in [-0.3, -0.25) is 19.4 Å². The minimum Gasteiger partial charge on any atom is -0.480 e.